The molecular weight excluding hydrogens is 429 g/mol. The van der Waals surface area contributed by atoms with E-state index in [9.17, 15) is 26.4 Å². The van der Waals surface area contributed by atoms with Gasteiger partial charge in [-0.25, -0.2) is 13.1 Å². The average Bonchev–Trinajstić information content (AvgIpc) is 3.12. The molecule has 1 aromatic carbocycles. The molecule has 1 amide bonds. The molecule has 11 heteroatoms. The third-order valence-corrected chi connectivity index (χ3v) is 6.28. The maximum Gasteiger partial charge on any atom is 0.573 e. The number of nitrogens with one attached hydrogen (secondary N) is 2. The number of sulfonamides is 1. The Kier molecular flexibility index (Phi) is 7.66. The molecular formula is C18H21F3N2O4S2. The zero-order valence-corrected chi connectivity index (χ0v) is 17.3. The van der Waals surface area contributed by atoms with Crippen molar-refractivity contribution in [3.05, 3.63) is 46.7 Å². The van der Waals surface area contributed by atoms with E-state index in [2.05, 4.69) is 14.8 Å². The normalized spacial score (nSPS) is 13.3. The Hall–Kier alpha value is -2.11. The summed E-state index contributed by atoms with van der Waals surface area (Å²) in [4.78, 5) is 13.0. The van der Waals surface area contributed by atoms with Gasteiger partial charge in [-0.2, -0.15) is 0 Å². The van der Waals surface area contributed by atoms with Gasteiger partial charge in [-0.05, 0) is 41.6 Å². The molecule has 0 unspecified atom stereocenters. The molecule has 2 rings (SSSR count). The summed E-state index contributed by atoms with van der Waals surface area (Å²) >= 11 is 1.52. The van der Waals surface area contributed by atoms with E-state index in [4.69, 9.17) is 0 Å². The molecule has 0 aliphatic carbocycles. The third-order valence-electron chi connectivity index (χ3n) is 3.84. The van der Waals surface area contributed by atoms with Crippen LogP contribution in [-0.4, -0.2) is 27.2 Å². The minimum atomic E-state index is -4.86. The summed E-state index contributed by atoms with van der Waals surface area (Å²) in [5.74, 6) is -0.676. The predicted molar refractivity (Wildman–Crippen MR) is 103 cm³/mol. The van der Waals surface area contributed by atoms with Gasteiger partial charge in [0, 0.05) is 17.8 Å². The van der Waals surface area contributed by atoms with Crippen molar-refractivity contribution >= 4 is 27.3 Å². The summed E-state index contributed by atoms with van der Waals surface area (Å²) < 4.78 is 66.9. The number of halogens is 3. The lowest BCUT2D eigenvalue weighted by Crippen LogP contribution is -2.34. The number of carbonyl (C=O) groups is 1. The zero-order valence-electron chi connectivity index (χ0n) is 15.7. The molecule has 0 saturated heterocycles. The highest BCUT2D eigenvalue weighted by atomic mass is 32.2. The lowest BCUT2D eigenvalue weighted by atomic mass is 10.0. The number of alkyl halides is 3. The van der Waals surface area contributed by atoms with E-state index in [1.807, 2.05) is 31.4 Å². The standard InChI is InChI=1S/C18H21F3N2O4S2/c1-12(2)17(15-4-3-11-28-15)23-16(24)9-10-22-29(25,26)14-7-5-13(6-8-14)27-18(19,20)21/h3-8,11-12,17,22H,9-10H2,1-2H3,(H,23,24)/t17-/m1/s1. The smallest absolute Gasteiger partial charge is 0.406 e. The number of rotatable bonds is 9. The van der Waals surface area contributed by atoms with Crippen LogP contribution in [0.2, 0.25) is 0 Å². The molecule has 1 heterocycles. The van der Waals surface area contributed by atoms with Crippen molar-refractivity contribution in [3.8, 4) is 5.75 Å². The quantitative estimate of drug-likeness (QED) is 0.608. The maximum absolute atomic E-state index is 12.2. The lowest BCUT2D eigenvalue weighted by molar-refractivity contribution is -0.274. The summed E-state index contributed by atoms with van der Waals surface area (Å²) in [5.41, 5.74) is 0. The van der Waals surface area contributed by atoms with Crippen molar-refractivity contribution in [1.29, 1.82) is 0 Å². The first-order valence-corrected chi connectivity index (χ1v) is 11.0. The molecule has 0 bridgehead atoms. The SMILES string of the molecule is CC(C)[C@@H](NC(=O)CCNS(=O)(=O)c1ccc(OC(F)(F)F)cc1)c1cccs1. The number of thiophene rings is 1. The largest absolute Gasteiger partial charge is 0.573 e. The van der Waals surface area contributed by atoms with Crippen molar-refractivity contribution in [2.45, 2.75) is 37.6 Å². The Morgan fingerprint density at radius 3 is 2.34 bits per heavy atom. The maximum atomic E-state index is 12.2. The van der Waals surface area contributed by atoms with E-state index < -0.39 is 22.1 Å². The van der Waals surface area contributed by atoms with Crippen molar-refractivity contribution in [3.63, 3.8) is 0 Å². The fraction of sp³-hybridized carbons (Fsp3) is 0.389. The first-order chi connectivity index (χ1) is 13.5. The molecule has 2 aromatic rings. The molecule has 0 fully saturated rings. The van der Waals surface area contributed by atoms with Crippen LogP contribution >= 0.6 is 11.3 Å². The molecule has 160 valence electrons. The van der Waals surface area contributed by atoms with Gasteiger partial charge in [0.2, 0.25) is 15.9 Å². The van der Waals surface area contributed by atoms with Crippen molar-refractivity contribution in [1.82, 2.24) is 10.0 Å². The Morgan fingerprint density at radius 1 is 1.17 bits per heavy atom. The van der Waals surface area contributed by atoms with Gasteiger partial charge < -0.3 is 10.1 Å². The van der Waals surface area contributed by atoms with Gasteiger partial charge in [0.15, 0.2) is 0 Å². The van der Waals surface area contributed by atoms with Crippen LogP contribution in [0.4, 0.5) is 13.2 Å². The number of ether oxygens (including phenoxy) is 1. The highest BCUT2D eigenvalue weighted by Gasteiger charge is 2.31. The molecule has 0 spiro atoms. The van der Waals surface area contributed by atoms with Crippen LogP contribution in [0.1, 0.15) is 31.2 Å². The first-order valence-electron chi connectivity index (χ1n) is 8.66. The number of amides is 1. The van der Waals surface area contributed by atoms with E-state index in [1.54, 1.807) is 0 Å². The van der Waals surface area contributed by atoms with E-state index in [0.717, 1.165) is 29.1 Å². The highest BCUT2D eigenvalue weighted by molar-refractivity contribution is 7.89. The van der Waals surface area contributed by atoms with E-state index in [-0.39, 0.29) is 35.7 Å². The Bertz CT molecular complexity index is 896. The summed E-state index contributed by atoms with van der Waals surface area (Å²) in [6.45, 7) is 3.79. The monoisotopic (exact) mass is 450 g/mol. The number of benzene rings is 1. The summed E-state index contributed by atoms with van der Waals surface area (Å²) in [7, 11) is -3.97. The fourth-order valence-corrected chi connectivity index (χ4v) is 4.46. The topological polar surface area (TPSA) is 84.5 Å². The van der Waals surface area contributed by atoms with Crippen LogP contribution in [-0.2, 0) is 14.8 Å². The lowest BCUT2D eigenvalue weighted by Gasteiger charge is -2.21. The molecule has 1 atom stereocenters. The van der Waals surface area contributed by atoms with Crippen molar-refractivity contribution in [2.75, 3.05) is 6.54 Å². The second-order valence-electron chi connectivity index (χ2n) is 6.47. The third kappa shape index (κ3) is 7.33. The summed E-state index contributed by atoms with van der Waals surface area (Å²) in [5, 5.41) is 4.80. The second kappa shape index (κ2) is 9.59. The zero-order chi connectivity index (χ0) is 21.7. The fourth-order valence-electron chi connectivity index (χ4n) is 2.48. The first kappa shape index (κ1) is 23.2. The predicted octanol–water partition coefficient (Wildman–Crippen LogP) is 3.83. The van der Waals surface area contributed by atoms with Crippen LogP contribution in [0.3, 0.4) is 0 Å². The summed E-state index contributed by atoms with van der Waals surface area (Å²) in [6.07, 6.45) is -4.94. The van der Waals surface area contributed by atoms with Gasteiger partial charge in [-0.1, -0.05) is 19.9 Å². The molecule has 6 nitrogen and oxygen atoms in total. The number of hydrogen-bond donors (Lipinski definition) is 2. The van der Waals surface area contributed by atoms with Gasteiger partial charge in [0.25, 0.3) is 0 Å². The number of carbonyl (C=O) groups excluding carboxylic acids is 1. The Labute approximate surface area is 171 Å². The molecule has 0 saturated carbocycles. The average molecular weight is 451 g/mol. The van der Waals surface area contributed by atoms with E-state index in [0.29, 0.717) is 0 Å². The van der Waals surface area contributed by atoms with E-state index in [1.165, 1.54) is 11.3 Å². The Balaban J connectivity index is 1.89. The molecule has 29 heavy (non-hydrogen) atoms. The van der Waals surface area contributed by atoms with E-state index >= 15 is 0 Å². The number of hydrogen-bond acceptors (Lipinski definition) is 5. The van der Waals surface area contributed by atoms with Crippen LogP contribution < -0.4 is 14.8 Å². The second-order valence-corrected chi connectivity index (χ2v) is 9.22. The Morgan fingerprint density at radius 2 is 1.83 bits per heavy atom. The van der Waals surface area contributed by atoms with Gasteiger partial charge in [-0.15, -0.1) is 24.5 Å². The van der Waals surface area contributed by atoms with Crippen LogP contribution in [0.5, 0.6) is 5.75 Å². The minimum Gasteiger partial charge on any atom is -0.406 e. The van der Waals surface area contributed by atoms with Gasteiger partial charge in [0.05, 0.1) is 10.9 Å². The summed E-state index contributed by atoms with van der Waals surface area (Å²) in [6, 6.07) is 7.45. The minimum absolute atomic E-state index is 0.0803. The molecule has 0 radical (unpaired) electrons. The molecule has 0 aliphatic rings. The van der Waals surface area contributed by atoms with Gasteiger partial charge in [-0.3, -0.25) is 4.79 Å². The molecule has 0 aliphatic heterocycles. The van der Waals surface area contributed by atoms with Crippen LogP contribution in [0.15, 0.2) is 46.7 Å². The van der Waals surface area contributed by atoms with Gasteiger partial charge in [0.1, 0.15) is 5.75 Å². The van der Waals surface area contributed by atoms with Crippen LogP contribution in [0.25, 0.3) is 0 Å². The van der Waals surface area contributed by atoms with Crippen molar-refractivity contribution < 1.29 is 31.1 Å². The highest BCUT2D eigenvalue weighted by Crippen LogP contribution is 2.26. The van der Waals surface area contributed by atoms with Crippen LogP contribution in [0, 0.1) is 5.92 Å². The molecule has 2 N–H and O–H groups in total. The van der Waals surface area contributed by atoms with Crippen molar-refractivity contribution in [2.24, 2.45) is 5.92 Å². The van der Waals surface area contributed by atoms with Gasteiger partial charge >= 0.3 is 6.36 Å². The molecule has 1 aromatic heterocycles.